The van der Waals surface area contributed by atoms with Crippen molar-refractivity contribution in [2.75, 3.05) is 3.94 Å². The first-order valence-electron chi connectivity index (χ1n) is 4.73. The minimum atomic E-state index is -0.334. The van der Waals surface area contributed by atoms with E-state index >= 15 is 0 Å². The van der Waals surface area contributed by atoms with Gasteiger partial charge in [-0.05, 0) is 12.0 Å². The SMILES string of the molecule is CCC(C)Cn1ccc(N(Cl)Cl)nc1=O. The van der Waals surface area contributed by atoms with Crippen molar-refractivity contribution in [3.05, 3.63) is 22.7 Å². The number of rotatable bonds is 4. The van der Waals surface area contributed by atoms with Gasteiger partial charge >= 0.3 is 5.69 Å². The molecule has 1 aromatic rings. The zero-order chi connectivity index (χ0) is 11.4. The van der Waals surface area contributed by atoms with Crippen LogP contribution in [-0.4, -0.2) is 9.55 Å². The van der Waals surface area contributed by atoms with Gasteiger partial charge in [0.05, 0.1) is 0 Å². The molecule has 1 rings (SSSR count). The smallest absolute Gasteiger partial charge is 0.299 e. The quantitative estimate of drug-likeness (QED) is 0.770. The third-order valence-corrected chi connectivity index (χ3v) is 2.58. The highest BCUT2D eigenvalue weighted by atomic mass is 35.5. The lowest BCUT2D eigenvalue weighted by molar-refractivity contribution is 0.455. The summed E-state index contributed by atoms with van der Waals surface area (Å²) in [6.07, 6.45) is 2.67. The molecule has 0 bridgehead atoms. The van der Waals surface area contributed by atoms with Crippen LogP contribution in [0.25, 0.3) is 0 Å². The normalized spacial score (nSPS) is 12.5. The minimum Gasteiger partial charge on any atom is -0.299 e. The van der Waals surface area contributed by atoms with Gasteiger partial charge in [0.2, 0.25) is 0 Å². The maximum absolute atomic E-state index is 11.5. The van der Waals surface area contributed by atoms with Gasteiger partial charge in [-0.1, -0.05) is 20.3 Å². The molecule has 84 valence electrons. The van der Waals surface area contributed by atoms with Crippen LogP contribution >= 0.6 is 23.6 Å². The maximum Gasteiger partial charge on any atom is 0.349 e. The highest BCUT2D eigenvalue weighted by molar-refractivity contribution is 6.49. The molecule has 0 aliphatic rings. The van der Waals surface area contributed by atoms with Crippen molar-refractivity contribution in [3.63, 3.8) is 0 Å². The summed E-state index contributed by atoms with van der Waals surface area (Å²) >= 11 is 10.9. The molecular formula is C9H13Cl2N3O. The van der Waals surface area contributed by atoms with E-state index in [9.17, 15) is 4.79 Å². The van der Waals surface area contributed by atoms with Gasteiger partial charge in [0.15, 0.2) is 5.82 Å². The number of anilines is 1. The Labute approximate surface area is 98.7 Å². The number of aromatic nitrogens is 2. The van der Waals surface area contributed by atoms with E-state index in [-0.39, 0.29) is 11.5 Å². The van der Waals surface area contributed by atoms with Crippen molar-refractivity contribution in [1.29, 1.82) is 0 Å². The summed E-state index contributed by atoms with van der Waals surface area (Å²) in [7, 11) is 0. The van der Waals surface area contributed by atoms with Crippen molar-refractivity contribution < 1.29 is 0 Å². The van der Waals surface area contributed by atoms with Crippen LogP contribution in [0, 0.1) is 5.92 Å². The third-order valence-electron chi connectivity index (χ3n) is 2.24. The summed E-state index contributed by atoms with van der Waals surface area (Å²) in [5.74, 6) is 0.683. The Morgan fingerprint density at radius 1 is 1.60 bits per heavy atom. The summed E-state index contributed by atoms with van der Waals surface area (Å²) < 4.78 is 2.32. The highest BCUT2D eigenvalue weighted by Gasteiger charge is 2.06. The Balaban J connectivity index is 2.89. The van der Waals surface area contributed by atoms with Crippen LogP contribution in [0.5, 0.6) is 0 Å². The predicted octanol–water partition coefficient (Wildman–Crippen LogP) is 2.40. The average Bonchev–Trinajstić information content (AvgIpc) is 2.20. The molecule has 0 aliphatic heterocycles. The van der Waals surface area contributed by atoms with E-state index in [1.165, 1.54) is 0 Å². The van der Waals surface area contributed by atoms with E-state index in [1.54, 1.807) is 16.8 Å². The van der Waals surface area contributed by atoms with Gasteiger partial charge in [0, 0.05) is 36.3 Å². The van der Waals surface area contributed by atoms with Crippen molar-refractivity contribution in [2.45, 2.75) is 26.8 Å². The number of nitrogens with zero attached hydrogens (tertiary/aromatic N) is 3. The van der Waals surface area contributed by atoms with Crippen LogP contribution in [0.1, 0.15) is 20.3 Å². The number of hydrogen-bond donors (Lipinski definition) is 0. The molecule has 0 fully saturated rings. The number of halogens is 2. The fourth-order valence-corrected chi connectivity index (χ4v) is 1.31. The second-order valence-electron chi connectivity index (χ2n) is 3.47. The zero-order valence-corrected chi connectivity index (χ0v) is 10.2. The highest BCUT2D eigenvalue weighted by Crippen LogP contribution is 2.13. The van der Waals surface area contributed by atoms with Gasteiger partial charge in [0.1, 0.15) is 0 Å². The third kappa shape index (κ3) is 3.39. The Kier molecular flexibility index (Phi) is 4.42. The summed E-state index contributed by atoms with van der Waals surface area (Å²) in [5.41, 5.74) is -0.334. The fraction of sp³-hybridized carbons (Fsp3) is 0.556. The molecule has 0 aliphatic carbocycles. The van der Waals surface area contributed by atoms with Crippen LogP contribution in [0.4, 0.5) is 5.82 Å². The lowest BCUT2D eigenvalue weighted by atomic mass is 10.1. The van der Waals surface area contributed by atoms with E-state index < -0.39 is 0 Å². The molecule has 4 nitrogen and oxygen atoms in total. The van der Waals surface area contributed by atoms with Gasteiger partial charge in [0.25, 0.3) is 0 Å². The van der Waals surface area contributed by atoms with Gasteiger partial charge in [-0.25, -0.2) is 4.79 Å². The molecule has 15 heavy (non-hydrogen) atoms. The first-order valence-corrected chi connectivity index (χ1v) is 5.41. The van der Waals surface area contributed by atoms with Crippen LogP contribution in [-0.2, 0) is 6.54 Å². The van der Waals surface area contributed by atoms with Crippen molar-refractivity contribution in [3.8, 4) is 0 Å². The second-order valence-corrected chi connectivity index (χ2v) is 4.32. The monoisotopic (exact) mass is 249 g/mol. The molecule has 1 heterocycles. The molecule has 0 amide bonds. The predicted molar refractivity (Wildman–Crippen MR) is 62.1 cm³/mol. The standard InChI is InChI=1S/C9H13Cl2N3O/c1-3-7(2)6-13-5-4-8(14(10)11)12-9(13)15/h4-5,7H,3,6H2,1-2H3. The first-order chi connectivity index (χ1) is 7.04. The average molecular weight is 250 g/mol. The van der Waals surface area contributed by atoms with Gasteiger partial charge in [-0.3, -0.25) is 4.57 Å². The lowest BCUT2D eigenvalue weighted by Crippen LogP contribution is -2.25. The first kappa shape index (κ1) is 12.3. The van der Waals surface area contributed by atoms with Crippen LogP contribution in [0.2, 0.25) is 0 Å². The lowest BCUT2D eigenvalue weighted by Gasteiger charge is -2.11. The van der Waals surface area contributed by atoms with E-state index in [2.05, 4.69) is 18.8 Å². The Morgan fingerprint density at radius 2 is 2.27 bits per heavy atom. The minimum absolute atomic E-state index is 0.240. The van der Waals surface area contributed by atoms with Crippen molar-refractivity contribution in [1.82, 2.24) is 9.55 Å². The molecule has 1 atom stereocenters. The summed E-state index contributed by atoms with van der Waals surface area (Å²) in [6.45, 7) is 4.82. The van der Waals surface area contributed by atoms with Crippen LogP contribution in [0.15, 0.2) is 17.1 Å². The molecule has 0 saturated heterocycles. The molecule has 1 unspecified atom stereocenters. The maximum atomic E-state index is 11.5. The van der Waals surface area contributed by atoms with E-state index in [4.69, 9.17) is 23.6 Å². The van der Waals surface area contributed by atoms with Crippen LogP contribution < -0.4 is 9.63 Å². The van der Waals surface area contributed by atoms with Gasteiger partial charge in [-0.15, -0.1) is 0 Å². The summed E-state index contributed by atoms with van der Waals surface area (Å²) in [5, 5.41) is 0. The van der Waals surface area contributed by atoms with Crippen molar-refractivity contribution in [2.24, 2.45) is 5.92 Å². The molecule has 0 radical (unpaired) electrons. The fourth-order valence-electron chi connectivity index (χ4n) is 1.12. The number of hydrogen-bond acceptors (Lipinski definition) is 3. The van der Waals surface area contributed by atoms with Crippen LogP contribution in [0.3, 0.4) is 0 Å². The Morgan fingerprint density at radius 3 is 2.73 bits per heavy atom. The molecule has 0 aromatic carbocycles. The molecule has 0 saturated carbocycles. The van der Waals surface area contributed by atoms with Crippen molar-refractivity contribution >= 4 is 29.4 Å². The van der Waals surface area contributed by atoms with Gasteiger partial charge < -0.3 is 0 Å². The molecule has 0 spiro atoms. The van der Waals surface area contributed by atoms with E-state index in [1.807, 2.05) is 0 Å². The Hall–Kier alpha value is -0.740. The molecule has 0 N–H and O–H groups in total. The van der Waals surface area contributed by atoms with E-state index in [0.29, 0.717) is 12.5 Å². The molecule has 1 aromatic heterocycles. The Bertz CT molecular complexity index is 378. The molecular weight excluding hydrogens is 237 g/mol. The molecule has 6 heteroatoms. The second kappa shape index (κ2) is 5.37. The topological polar surface area (TPSA) is 38.1 Å². The largest absolute Gasteiger partial charge is 0.349 e. The van der Waals surface area contributed by atoms with Gasteiger partial charge in [-0.2, -0.15) is 8.92 Å². The summed E-state index contributed by atoms with van der Waals surface area (Å²) in [4.78, 5) is 15.2. The summed E-state index contributed by atoms with van der Waals surface area (Å²) in [6, 6.07) is 1.60. The van der Waals surface area contributed by atoms with E-state index in [0.717, 1.165) is 10.4 Å². The zero-order valence-electron chi connectivity index (χ0n) is 8.65.